The summed E-state index contributed by atoms with van der Waals surface area (Å²) in [5, 5.41) is 2.79. The number of halogens is 2. The molecular weight excluding hydrogens is 368 g/mol. The fourth-order valence-electron chi connectivity index (χ4n) is 1.18. The first-order valence-corrected chi connectivity index (χ1v) is 6.88. The third-order valence-corrected chi connectivity index (χ3v) is 3.86. The maximum absolute atomic E-state index is 11.8. The van der Waals surface area contributed by atoms with Crippen LogP contribution in [0.2, 0.25) is 0 Å². The predicted molar refractivity (Wildman–Crippen MR) is 81.2 cm³/mol. The van der Waals surface area contributed by atoms with Crippen molar-refractivity contribution in [1.82, 2.24) is 0 Å². The molecule has 92 valence electrons. The number of thiocarbonyl (C=S) groups is 1. The van der Waals surface area contributed by atoms with Gasteiger partial charge in [-0.3, -0.25) is 4.79 Å². The molecule has 0 fully saturated rings. The van der Waals surface area contributed by atoms with Gasteiger partial charge < -0.3 is 11.1 Å². The van der Waals surface area contributed by atoms with E-state index in [0.29, 0.717) is 5.69 Å². The van der Waals surface area contributed by atoms with Gasteiger partial charge in [0.05, 0.1) is 16.6 Å². The minimum absolute atomic E-state index is 0.182. The van der Waals surface area contributed by atoms with Crippen molar-refractivity contribution in [2.24, 2.45) is 11.7 Å². The van der Waals surface area contributed by atoms with E-state index in [1.807, 2.05) is 19.1 Å². The molecule has 0 heterocycles. The smallest absolute Gasteiger partial charge is 0.234 e. The number of carbonyl (C=O) groups is 1. The highest BCUT2D eigenvalue weighted by atomic mass is 79.9. The summed E-state index contributed by atoms with van der Waals surface area (Å²) >= 11 is 11.6. The molecular formula is C11H12Br2N2OS. The van der Waals surface area contributed by atoms with Crippen molar-refractivity contribution in [3.8, 4) is 0 Å². The number of nitrogens with one attached hydrogen (secondary N) is 1. The number of hydrogen-bond donors (Lipinski definition) is 2. The molecule has 0 saturated carbocycles. The van der Waals surface area contributed by atoms with E-state index in [9.17, 15) is 4.79 Å². The number of hydrogen-bond acceptors (Lipinski definition) is 2. The Morgan fingerprint density at radius 3 is 2.29 bits per heavy atom. The van der Waals surface area contributed by atoms with Gasteiger partial charge >= 0.3 is 0 Å². The van der Waals surface area contributed by atoms with Crippen LogP contribution in [0.25, 0.3) is 0 Å². The summed E-state index contributed by atoms with van der Waals surface area (Å²) in [6.45, 7) is 3.65. The van der Waals surface area contributed by atoms with Gasteiger partial charge in [-0.05, 0) is 63.4 Å². The zero-order chi connectivity index (χ0) is 13.2. The van der Waals surface area contributed by atoms with Gasteiger partial charge in [0, 0.05) is 8.95 Å². The Balaban J connectivity index is 2.96. The normalized spacial score (nSPS) is 12.0. The van der Waals surface area contributed by atoms with Crippen LogP contribution in [0.1, 0.15) is 12.5 Å². The molecule has 0 saturated heterocycles. The standard InChI is InChI=1S/C11H12Br2N2OS/c1-5-3-7(12)9(8(13)4-5)15-11(16)6(2)10(14)17/h3-4,6H,1-2H3,(H2,14,17)(H,15,16). The van der Waals surface area contributed by atoms with Gasteiger partial charge in [0.1, 0.15) is 0 Å². The topological polar surface area (TPSA) is 55.1 Å². The predicted octanol–water partition coefficient (Wildman–Crippen LogP) is 3.38. The first-order valence-electron chi connectivity index (χ1n) is 4.88. The van der Waals surface area contributed by atoms with E-state index >= 15 is 0 Å². The first kappa shape index (κ1) is 14.6. The molecule has 3 nitrogen and oxygen atoms in total. The molecule has 0 spiro atoms. The largest absolute Gasteiger partial charge is 0.393 e. The van der Waals surface area contributed by atoms with Crippen molar-refractivity contribution in [2.75, 3.05) is 5.32 Å². The zero-order valence-electron chi connectivity index (χ0n) is 9.38. The number of carbonyl (C=O) groups excluding carboxylic acids is 1. The lowest BCUT2D eigenvalue weighted by atomic mass is 10.1. The molecule has 0 aliphatic heterocycles. The Kier molecular flexibility index (Phi) is 5.09. The third-order valence-electron chi connectivity index (χ3n) is 2.25. The Bertz CT molecular complexity index is 454. The van der Waals surface area contributed by atoms with E-state index in [4.69, 9.17) is 18.0 Å². The summed E-state index contributed by atoms with van der Waals surface area (Å²) in [5.74, 6) is -0.715. The van der Waals surface area contributed by atoms with Crippen molar-refractivity contribution < 1.29 is 4.79 Å². The SMILES string of the molecule is Cc1cc(Br)c(NC(=O)C(C)C(N)=S)c(Br)c1. The number of nitrogens with two attached hydrogens (primary N) is 1. The van der Waals surface area contributed by atoms with E-state index in [-0.39, 0.29) is 10.9 Å². The fraction of sp³-hybridized carbons (Fsp3) is 0.273. The Morgan fingerprint density at radius 2 is 1.88 bits per heavy atom. The van der Waals surface area contributed by atoms with Gasteiger partial charge in [0.15, 0.2) is 0 Å². The molecule has 0 aliphatic carbocycles. The maximum Gasteiger partial charge on any atom is 0.234 e. The molecule has 3 N–H and O–H groups in total. The Labute approximate surface area is 122 Å². The Morgan fingerprint density at radius 1 is 1.41 bits per heavy atom. The Hall–Kier alpha value is -0.460. The van der Waals surface area contributed by atoms with Crippen LogP contribution >= 0.6 is 44.1 Å². The summed E-state index contributed by atoms with van der Waals surface area (Å²) in [5.41, 5.74) is 7.21. The second kappa shape index (κ2) is 5.93. The van der Waals surface area contributed by atoms with E-state index < -0.39 is 5.92 Å². The van der Waals surface area contributed by atoms with Crippen molar-refractivity contribution in [3.63, 3.8) is 0 Å². The van der Waals surface area contributed by atoms with Crippen LogP contribution < -0.4 is 11.1 Å². The molecule has 17 heavy (non-hydrogen) atoms. The van der Waals surface area contributed by atoms with Crippen LogP contribution in [0, 0.1) is 12.8 Å². The van der Waals surface area contributed by atoms with Crippen LogP contribution in [-0.2, 0) is 4.79 Å². The number of rotatable bonds is 3. The molecule has 1 unspecified atom stereocenters. The summed E-state index contributed by atoms with van der Waals surface area (Å²) < 4.78 is 1.63. The van der Waals surface area contributed by atoms with Crippen molar-refractivity contribution in [2.45, 2.75) is 13.8 Å². The highest BCUT2D eigenvalue weighted by Gasteiger charge is 2.18. The van der Waals surface area contributed by atoms with Gasteiger partial charge in [0.2, 0.25) is 5.91 Å². The summed E-state index contributed by atoms with van der Waals surface area (Å²) in [6.07, 6.45) is 0. The molecule has 0 aromatic heterocycles. The number of aryl methyl sites for hydroxylation is 1. The van der Waals surface area contributed by atoms with Gasteiger partial charge in [-0.2, -0.15) is 0 Å². The van der Waals surface area contributed by atoms with Crippen LogP contribution in [0.4, 0.5) is 5.69 Å². The molecule has 1 rings (SSSR count). The first-order chi connectivity index (χ1) is 7.82. The number of benzene rings is 1. The van der Waals surface area contributed by atoms with E-state index in [0.717, 1.165) is 14.5 Å². The van der Waals surface area contributed by atoms with Crippen LogP contribution in [-0.4, -0.2) is 10.9 Å². The zero-order valence-corrected chi connectivity index (χ0v) is 13.4. The van der Waals surface area contributed by atoms with Gasteiger partial charge in [-0.15, -0.1) is 0 Å². The summed E-state index contributed by atoms with van der Waals surface area (Å²) in [6, 6.07) is 3.84. The van der Waals surface area contributed by atoms with Crippen LogP contribution in [0.5, 0.6) is 0 Å². The summed E-state index contributed by atoms with van der Waals surface area (Å²) in [4.78, 5) is 12.0. The minimum atomic E-state index is -0.495. The van der Waals surface area contributed by atoms with Crippen molar-refractivity contribution in [1.29, 1.82) is 0 Å². The lowest BCUT2D eigenvalue weighted by molar-refractivity contribution is -0.117. The molecule has 0 radical (unpaired) electrons. The van der Waals surface area contributed by atoms with Crippen molar-refractivity contribution in [3.05, 3.63) is 26.6 Å². The lowest BCUT2D eigenvalue weighted by Gasteiger charge is -2.14. The highest BCUT2D eigenvalue weighted by molar-refractivity contribution is 9.11. The van der Waals surface area contributed by atoms with Crippen LogP contribution in [0.15, 0.2) is 21.1 Å². The maximum atomic E-state index is 11.8. The van der Waals surface area contributed by atoms with Gasteiger partial charge in [-0.25, -0.2) is 0 Å². The van der Waals surface area contributed by atoms with Gasteiger partial charge in [-0.1, -0.05) is 12.2 Å². The average Bonchev–Trinajstić information content (AvgIpc) is 2.21. The highest BCUT2D eigenvalue weighted by Crippen LogP contribution is 2.32. The second-order valence-corrected chi connectivity index (χ2v) is 5.90. The second-order valence-electron chi connectivity index (χ2n) is 3.72. The van der Waals surface area contributed by atoms with Crippen LogP contribution in [0.3, 0.4) is 0 Å². The van der Waals surface area contributed by atoms with E-state index in [1.54, 1.807) is 6.92 Å². The fourth-order valence-corrected chi connectivity index (χ4v) is 2.90. The quantitative estimate of drug-likeness (QED) is 0.791. The molecule has 6 heteroatoms. The van der Waals surface area contributed by atoms with E-state index in [2.05, 4.69) is 37.2 Å². The monoisotopic (exact) mass is 378 g/mol. The number of anilines is 1. The number of amides is 1. The summed E-state index contributed by atoms with van der Waals surface area (Å²) in [7, 11) is 0. The lowest BCUT2D eigenvalue weighted by Crippen LogP contribution is -2.31. The minimum Gasteiger partial charge on any atom is -0.393 e. The van der Waals surface area contributed by atoms with E-state index in [1.165, 1.54) is 0 Å². The average molecular weight is 380 g/mol. The van der Waals surface area contributed by atoms with Gasteiger partial charge in [0.25, 0.3) is 0 Å². The molecule has 1 aromatic rings. The molecule has 0 aliphatic rings. The molecule has 1 aromatic carbocycles. The molecule has 1 atom stereocenters. The molecule has 1 amide bonds. The molecule has 0 bridgehead atoms. The third kappa shape index (κ3) is 3.76. The van der Waals surface area contributed by atoms with Crippen molar-refractivity contribution >= 4 is 60.7 Å².